The van der Waals surface area contributed by atoms with Crippen LogP contribution in [0.15, 0.2) is 18.2 Å². The van der Waals surface area contributed by atoms with Gasteiger partial charge in [-0.15, -0.1) is 0 Å². The van der Waals surface area contributed by atoms with Crippen molar-refractivity contribution in [2.45, 2.75) is 25.3 Å². The second-order valence-electron chi connectivity index (χ2n) is 5.11. The number of rotatable bonds is 4. The molecule has 2 rings (SSSR count). The van der Waals surface area contributed by atoms with E-state index in [0.29, 0.717) is 23.8 Å². The van der Waals surface area contributed by atoms with Gasteiger partial charge in [0.25, 0.3) is 5.69 Å². The van der Waals surface area contributed by atoms with Gasteiger partial charge in [-0.05, 0) is 38.6 Å². The van der Waals surface area contributed by atoms with Crippen molar-refractivity contribution in [1.29, 1.82) is 5.26 Å². The summed E-state index contributed by atoms with van der Waals surface area (Å²) in [6, 6.07) is 6.78. The number of nitriles is 1. The molecule has 1 atom stereocenters. The Bertz CT molecular complexity index is 538. The summed E-state index contributed by atoms with van der Waals surface area (Å²) < 4.78 is 0. The molecule has 0 bridgehead atoms. The van der Waals surface area contributed by atoms with Gasteiger partial charge < -0.3 is 10.2 Å². The molecule has 0 aliphatic carbocycles. The number of nitrogens with one attached hydrogen (secondary N) is 1. The Kier molecular flexibility index (Phi) is 4.53. The number of nitrogens with zero attached hydrogens (tertiary/aromatic N) is 3. The van der Waals surface area contributed by atoms with Crippen LogP contribution in [0.3, 0.4) is 0 Å². The minimum absolute atomic E-state index is 0.0162. The maximum atomic E-state index is 11.0. The zero-order valence-corrected chi connectivity index (χ0v) is 11.5. The molecular weight excluding hydrogens is 256 g/mol. The summed E-state index contributed by atoms with van der Waals surface area (Å²) in [5.41, 5.74) is 0.866. The molecule has 1 aliphatic heterocycles. The molecule has 1 N–H and O–H groups in total. The molecule has 0 amide bonds. The van der Waals surface area contributed by atoms with Crippen molar-refractivity contribution in [1.82, 2.24) is 4.90 Å². The van der Waals surface area contributed by atoms with Crippen molar-refractivity contribution in [2.24, 2.45) is 0 Å². The van der Waals surface area contributed by atoms with Gasteiger partial charge in [-0.1, -0.05) is 6.42 Å². The van der Waals surface area contributed by atoms with Crippen molar-refractivity contribution < 1.29 is 4.92 Å². The molecule has 0 spiro atoms. The van der Waals surface area contributed by atoms with Gasteiger partial charge in [0.05, 0.1) is 16.6 Å². The monoisotopic (exact) mass is 274 g/mol. The fourth-order valence-electron chi connectivity index (χ4n) is 2.54. The molecule has 1 aromatic rings. The molecule has 1 aliphatic rings. The van der Waals surface area contributed by atoms with Gasteiger partial charge in [-0.3, -0.25) is 10.1 Å². The summed E-state index contributed by atoms with van der Waals surface area (Å²) in [6.45, 7) is 1.72. The zero-order chi connectivity index (χ0) is 14.5. The van der Waals surface area contributed by atoms with Crippen LogP contribution in [0, 0.1) is 21.4 Å². The van der Waals surface area contributed by atoms with Crippen LogP contribution in [-0.4, -0.2) is 36.0 Å². The van der Waals surface area contributed by atoms with E-state index in [2.05, 4.69) is 17.3 Å². The lowest BCUT2D eigenvalue weighted by Crippen LogP contribution is -2.40. The lowest BCUT2D eigenvalue weighted by Gasteiger charge is -2.32. The topological polar surface area (TPSA) is 82.2 Å². The molecule has 1 aromatic carbocycles. The maximum absolute atomic E-state index is 11.0. The SMILES string of the molecule is CN1CCCCC1CNc1cc(C#N)ccc1[N+](=O)[O-]. The molecule has 106 valence electrons. The number of benzene rings is 1. The first kappa shape index (κ1) is 14.3. The lowest BCUT2D eigenvalue weighted by molar-refractivity contribution is -0.384. The number of nitro groups is 1. The van der Waals surface area contributed by atoms with Crippen molar-refractivity contribution in [3.05, 3.63) is 33.9 Å². The molecule has 0 aromatic heterocycles. The Morgan fingerprint density at radius 2 is 2.35 bits per heavy atom. The van der Waals surface area contributed by atoms with E-state index in [1.165, 1.54) is 25.0 Å². The molecule has 1 heterocycles. The van der Waals surface area contributed by atoms with E-state index in [-0.39, 0.29) is 5.69 Å². The Morgan fingerprint density at radius 1 is 1.55 bits per heavy atom. The third-order valence-electron chi connectivity index (χ3n) is 3.77. The zero-order valence-electron chi connectivity index (χ0n) is 11.5. The van der Waals surface area contributed by atoms with Gasteiger partial charge in [0.1, 0.15) is 5.69 Å². The molecule has 1 fully saturated rings. The lowest BCUT2D eigenvalue weighted by atomic mass is 10.0. The van der Waals surface area contributed by atoms with Crippen LogP contribution in [-0.2, 0) is 0 Å². The number of likely N-dealkylation sites (N-methyl/N-ethyl adjacent to an activating group) is 1. The third-order valence-corrected chi connectivity index (χ3v) is 3.77. The molecule has 0 radical (unpaired) electrons. The fraction of sp³-hybridized carbons (Fsp3) is 0.500. The molecule has 1 saturated heterocycles. The van der Waals surface area contributed by atoms with Crippen LogP contribution in [0.4, 0.5) is 11.4 Å². The van der Waals surface area contributed by atoms with Crippen LogP contribution in [0.25, 0.3) is 0 Å². The third kappa shape index (κ3) is 3.25. The van der Waals surface area contributed by atoms with Gasteiger partial charge >= 0.3 is 0 Å². The first-order chi connectivity index (χ1) is 9.61. The van der Waals surface area contributed by atoms with Gasteiger partial charge in [-0.25, -0.2) is 0 Å². The summed E-state index contributed by atoms with van der Waals surface area (Å²) in [6.07, 6.45) is 3.49. The van der Waals surface area contributed by atoms with Crippen LogP contribution in [0.2, 0.25) is 0 Å². The Labute approximate surface area is 118 Å². The summed E-state index contributed by atoms with van der Waals surface area (Å²) in [4.78, 5) is 12.9. The largest absolute Gasteiger partial charge is 0.378 e. The van der Waals surface area contributed by atoms with E-state index in [9.17, 15) is 10.1 Å². The number of anilines is 1. The van der Waals surface area contributed by atoms with E-state index in [1.54, 1.807) is 6.07 Å². The van der Waals surface area contributed by atoms with Crippen LogP contribution < -0.4 is 5.32 Å². The second kappa shape index (κ2) is 6.35. The predicted octanol–water partition coefficient (Wildman–Crippen LogP) is 2.36. The smallest absolute Gasteiger partial charge is 0.292 e. The molecule has 6 heteroatoms. The summed E-state index contributed by atoms with van der Waals surface area (Å²) in [5, 5.41) is 23.0. The summed E-state index contributed by atoms with van der Waals surface area (Å²) >= 11 is 0. The molecule has 0 saturated carbocycles. The number of likely N-dealkylation sites (tertiary alicyclic amines) is 1. The van der Waals surface area contributed by atoms with Crippen LogP contribution in [0.5, 0.6) is 0 Å². The number of hydrogen-bond acceptors (Lipinski definition) is 5. The highest BCUT2D eigenvalue weighted by Crippen LogP contribution is 2.26. The minimum Gasteiger partial charge on any atom is -0.378 e. The standard InChI is InChI=1S/C14H18N4O2/c1-17-7-3-2-4-12(17)10-16-13-8-11(9-15)5-6-14(13)18(19)20/h5-6,8,12,16H,2-4,7,10H2,1H3. The predicted molar refractivity (Wildman–Crippen MR) is 76.6 cm³/mol. The molecule has 20 heavy (non-hydrogen) atoms. The van der Waals surface area contributed by atoms with Gasteiger partial charge in [0, 0.05) is 18.7 Å². The Hall–Kier alpha value is -2.13. The highest BCUT2D eigenvalue weighted by molar-refractivity contribution is 5.64. The fourth-order valence-corrected chi connectivity index (χ4v) is 2.54. The van der Waals surface area contributed by atoms with Crippen molar-refractivity contribution in [3.8, 4) is 6.07 Å². The molecular formula is C14H18N4O2. The summed E-state index contributed by atoms with van der Waals surface area (Å²) in [5.74, 6) is 0. The van der Waals surface area contributed by atoms with E-state index in [4.69, 9.17) is 5.26 Å². The number of hydrogen-bond donors (Lipinski definition) is 1. The Balaban J connectivity index is 2.11. The van der Waals surface area contributed by atoms with Crippen molar-refractivity contribution >= 4 is 11.4 Å². The number of piperidine rings is 1. The minimum atomic E-state index is -0.423. The van der Waals surface area contributed by atoms with Crippen molar-refractivity contribution in [3.63, 3.8) is 0 Å². The average molecular weight is 274 g/mol. The first-order valence-electron chi connectivity index (χ1n) is 6.74. The molecule has 1 unspecified atom stereocenters. The van der Waals surface area contributed by atoms with E-state index in [1.807, 2.05) is 6.07 Å². The van der Waals surface area contributed by atoms with Gasteiger partial charge in [0.15, 0.2) is 0 Å². The second-order valence-corrected chi connectivity index (χ2v) is 5.11. The van der Waals surface area contributed by atoms with E-state index < -0.39 is 4.92 Å². The molecule has 6 nitrogen and oxygen atoms in total. The quantitative estimate of drug-likeness (QED) is 0.673. The highest BCUT2D eigenvalue weighted by Gasteiger charge is 2.20. The number of nitro benzene ring substituents is 1. The first-order valence-corrected chi connectivity index (χ1v) is 6.74. The van der Waals surface area contributed by atoms with E-state index in [0.717, 1.165) is 13.0 Å². The Morgan fingerprint density at radius 3 is 3.00 bits per heavy atom. The van der Waals surface area contributed by atoms with Gasteiger partial charge in [-0.2, -0.15) is 5.26 Å². The average Bonchev–Trinajstić information content (AvgIpc) is 2.46. The van der Waals surface area contributed by atoms with Crippen molar-refractivity contribution in [2.75, 3.05) is 25.5 Å². The van der Waals surface area contributed by atoms with Crippen LogP contribution >= 0.6 is 0 Å². The maximum Gasteiger partial charge on any atom is 0.292 e. The van der Waals surface area contributed by atoms with Crippen LogP contribution in [0.1, 0.15) is 24.8 Å². The highest BCUT2D eigenvalue weighted by atomic mass is 16.6. The van der Waals surface area contributed by atoms with Gasteiger partial charge in [0.2, 0.25) is 0 Å². The normalized spacial score (nSPS) is 19.3. The van der Waals surface area contributed by atoms with E-state index >= 15 is 0 Å². The summed E-state index contributed by atoms with van der Waals surface area (Å²) in [7, 11) is 2.08.